The van der Waals surface area contributed by atoms with Gasteiger partial charge in [0.1, 0.15) is 0 Å². The fourth-order valence-electron chi connectivity index (χ4n) is 2.01. The zero-order chi connectivity index (χ0) is 15.5. The van der Waals surface area contributed by atoms with Crippen molar-refractivity contribution in [3.63, 3.8) is 0 Å². The first-order valence-corrected chi connectivity index (χ1v) is 8.48. The fourth-order valence-corrected chi connectivity index (χ4v) is 3.05. The predicted molar refractivity (Wildman–Crippen MR) is 78.4 cm³/mol. The molecule has 0 aromatic heterocycles. The third-order valence-corrected chi connectivity index (χ3v) is 4.96. The molecule has 1 unspecified atom stereocenters. The average Bonchev–Trinajstić information content (AvgIpc) is 3.29. The number of hydrogen-bond donors (Lipinski definition) is 3. The van der Waals surface area contributed by atoms with Crippen molar-refractivity contribution in [3.05, 3.63) is 29.8 Å². The molecule has 1 aromatic carbocycles. The van der Waals surface area contributed by atoms with Crippen LogP contribution in [0.3, 0.4) is 0 Å². The molecule has 1 aliphatic carbocycles. The molecule has 0 bridgehead atoms. The summed E-state index contributed by atoms with van der Waals surface area (Å²) in [4.78, 5) is 12.0. The van der Waals surface area contributed by atoms with E-state index in [0.29, 0.717) is 18.0 Å². The molecule has 0 saturated heterocycles. The van der Waals surface area contributed by atoms with Crippen molar-refractivity contribution in [2.75, 3.05) is 13.1 Å². The molecule has 0 aliphatic heterocycles. The number of rotatable bonds is 7. The van der Waals surface area contributed by atoms with Crippen LogP contribution < -0.4 is 10.0 Å². The van der Waals surface area contributed by atoms with Gasteiger partial charge in [-0.3, -0.25) is 4.79 Å². The van der Waals surface area contributed by atoms with Crippen molar-refractivity contribution >= 4 is 15.9 Å². The molecular weight excluding hydrogens is 292 g/mol. The number of carbonyl (C=O) groups is 1. The smallest absolute Gasteiger partial charge is 0.251 e. The van der Waals surface area contributed by atoms with Crippen LogP contribution in [0.25, 0.3) is 0 Å². The Morgan fingerprint density at radius 3 is 2.48 bits per heavy atom. The minimum atomic E-state index is -3.50. The van der Waals surface area contributed by atoms with Crippen LogP contribution in [-0.4, -0.2) is 38.6 Å². The van der Waals surface area contributed by atoms with Crippen LogP contribution in [0.1, 0.15) is 30.1 Å². The van der Waals surface area contributed by atoms with Gasteiger partial charge in [0, 0.05) is 18.7 Å². The SMILES string of the molecule is CCNS(=O)(=O)c1ccc(C(=O)NCC(O)C2CC2)cc1. The van der Waals surface area contributed by atoms with Crippen LogP contribution in [0.4, 0.5) is 0 Å². The van der Waals surface area contributed by atoms with Gasteiger partial charge in [-0.1, -0.05) is 6.92 Å². The zero-order valence-corrected chi connectivity index (χ0v) is 12.7. The Bertz CT molecular complexity index is 594. The summed E-state index contributed by atoms with van der Waals surface area (Å²) in [6.07, 6.45) is 1.52. The van der Waals surface area contributed by atoms with Crippen LogP contribution in [0.5, 0.6) is 0 Å². The van der Waals surface area contributed by atoms with Crippen molar-refractivity contribution in [1.82, 2.24) is 10.0 Å². The van der Waals surface area contributed by atoms with Gasteiger partial charge < -0.3 is 10.4 Å². The highest BCUT2D eigenvalue weighted by Crippen LogP contribution is 2.32. The quantitative estimate of drug-likeness (QED) is 0.682. The molecule has 1 atom stereocenters. The summed E-state index contributed by atoms with van der Waals surface area (Å²) >= 11 is 0. The van der Waals surface area contributed by atoms with E-state index in [1.807, 2.05) is 0 Å². The molecule has 1 saturated carbocycles. The van der Waals surface area contributed by atoms with E-state index in [2.05, 4.69) is 10.0 Å². The van der Waals surface area contributed by atoms with Crippen LogP contribution in [0, 0.1) is 5.92 Å². The molecule has 7 heteroatoms. The maximum atomic E-state index is 11.9. The molecule has 1 fully saturated rings. The molecule has 6 nitrogen and oxygen atoms in total. The summed E-state index contributed by atoms with van der Waals surface area (Å²) in [7, 11) is -3.50. The van der Waals surface area contributed by atoms with Gasteiger partial charge in [-0.2, -0.15) is 0 Å². The van der Waals surface area contributed by atoms with Crippen molar-refractivity contribution in [2.24, 2.45) is 5.92 Å². The second-order valence-corrected chi connectivity index (χ2v) is 6.91. The lowest BCUT2D eigenvalue weighted by Crippen LogP contribution is -2.33. The number of aliphatic hydroxyl groups is 1. The number of benzene rings is 1. The van der Waals surface area contributed by atoms with Crippen LogP contribution in [0.15, 0.2) is 29.2 Å². The van der Waals surface area contributed by atoms with Gasteiger partial charge in [-0.25, -0.2) is 13.1 Å². The van der Waals surface area contributed by atoms with E-state index in [-0.39, 0.29) is 17.3 Å². The zero-order valence-electron chi connectivity index (χ0n) is 11.9. The van der Waals surface area contributed by atoms with Gasteiger partial charge in [-0.05, 0) is 43.0 Å². The van der Waals surface area contributed by atoms with Crippen molar-refractivity contribution < 1.29 is 18.3 Å². The first-order chi connectivity index (χ1) is 9.94. The Labute approximate surface area is 124 Å². The summed E-state index contributed by atoms with van der Waals surface area (Å²) < 4.78 is 25.9. The molecule has 21 heavy (non-hydrogen) atoms. The molecule has 3 N–H and O–H groups in total. The maximum absolute atomic E-state index is 11.9. The van der Waals surface area contributed by atoms with E-state index in [4.69, 9.17) is 0 Å². The maximum Gasteiger partial charge on any atom is 0.251 e. The molecule has 1 amide bonds. The van der Waals surface area contributed by atoms with Crippen LogP contribution in [-0.2, 0) is 10.0 Å². The lowest BCUT2D eigenvalue weighted by atomic mass is 10.2. The van der Waals surface area contributed by atoms with E-state index in [9.17, 15) is 18.3 Å². The van der Waals surface area contributed by atoms with E-state index < -0.39 is 16.1 Å². The summed E-state index contributed by atoms with van der Waals surface area (Å²) in [6.45, 7) is 2.23. The Morgan fingerprint density at radius 1 is 1.33 bits per heavy atom. The third-order valence-electron chi connectivity index (χ3n) is 3.40. The topological polar surface area (TPSA) is 95.5 Å². The number of amides is 1. The molecule has 116 valence electrons. The van der Waals surface area contributed by atoms with Crippen LogP contribution in [0.2, 0.25) is 0 Å². The van der Waals surface area contributed by atoms with Gasteiger partial charge >= 0.3 is 0 Å². The predicted octanol–water partition coefficient (Wildman–Crippen LogP) is 0.485. The summed E-state index contributed by atoms with van der Waals surface area (Å²) in [5, 5.41) is 12.3. The van der Waals surface area contributed by atoms with Crippen molar-refractivity contribution in [3.8, 4) is 0 Å². The monoisotopic (exact) mass is 312 g/mol. The number of aliphatic hydroxyl groups excluding tert-OH is 1. The van der Waals surface area contributed by atoms with E-state index in [1.165, 1.54) is 24.3 Å². The fraction of sp³-hybridized carbons (Fsp3) is 0.500. The van der Waals surface area contributed by atoms with E-state index in [1.54, 1.807) is 6.92 Å². The van der Waals surface area contributed by atoms with E-state index in [0.717, 1.165) is 12.8 Å². The number of nitrogens with one attached hydrogen (secondary N) is 2. The minimum absolute atomic E-state index is 0.124. The second-order valence-electron chi connectivity index (χ2n) is 5.14. The summed E-state index contributed by atoms with van der Waals surface area (Å²) in [5.74, 6) is -0.0139. The highest BCUT2D eigenvalue weighted by Gasteiger charge is 2.29. The van der Waals surface area contributed by atoms with E-state index >= 15 is 0 Å². The molecule has 0 spiro atoms. The number of hydrogen-bond acceptors (Lipinski definition) is 4. The number of sulfonamides is 1. The Kier molecular flexibility index (Phi) is 4.97. The Balaban J connectivity index is 1.96. The Morgan fingerprint density at radius 2 is 1.95 bits per heavy atom. The highest BCUT2D eigenvalue weighted by atomic mass is 32.2. The molecule has 0 radical (unpaired) electrons. The normalized spacial score (nSPS) is 16.5. The van der Waals surface area contributed by atoms with Gasteiger partial charge in [0.2, 0.25) is 10.0 Å². The standard InChI is InChI=1S/C14H20N2O4S/c1-2-16-21(19,20)12-7-5-11(6-8-12)14(18)15-9-13(17)10-3-4-10/h5-8,10,13,16-17H,2-4,9H2,1H3,(H,15,18). The average molecular weight is 312 g/mol. The first kappa shape index (κ1) is 15.9. The van der Waals surface area contributed by atoms with Gasteiger partial charge in [0.25, 0.3) is 5.91 Å². The summed E-state index contributed by atoms with van der Waals surface area (Å²) in [5.41, 5.74) is 0.369. The molecule has 1 aromatic rings. The minimum Gasteiger partial charge on any atom is -0.391 e. The molecule has 0 heterocycles. The lowest BCUT2D eigenvalue weighted by Gasteiger charge is -2.11. The largest absolute Gasteiger partial charge is 0.391 e. The van der Waals surface area contributed by atoms with Crippen molar-refractivity contribution in [1.29, 1.82) is 0 Å². The van der Waals surface area contributed by atoms with Gasteiger partial charge in [0.05, 0.1) is 11.0 Å². The molecular formula is C14H20N2O4S. The van der Waals surface area contributed by atoms with Gasteiger partial charge in [-0.15, -0.1) is 0 Å². The van der Waals surface area contributed by atoms with Crippen molar-refractivity contribution in [2.45, 2.75) is 30.8 Å². The first-order valence-electron chi connectivity index (χ1n) is 7.00. The summed E-state index contributed by atoms with van der Waals surface area (Å²) in [6, 6.07) is 5.71. The molecule has 1 aliphatic rings. The molecule has 2 rings (SSSR count). The van der Waals surface area contributed by atoms with Crippen LogP contribution >= 0.6 is 0 Å². The van der Waals surface area contributed by atoms with Gasteiger partial charge in [0.15, 0.2) is 0 Å². The Hall–Kier alpha value is -1.44. The second kappa shape index (κ2) is 6.55. The third kappa shape index (κ3) is 4.26. The number of carbonyl (C=O) groups excluding carboxylic acids is 1. The lowest BCUT2D eigenvalue weighted by molar-refractivity contribution is 0.0901. The highest BCUT2D eigenvalue weighted by molar-refractivity contribution is 7.89.